The van der Waals surface area contributed by atoms with Crippen molar-refractivity contribution in [3.05, 3.63) is 23.8 Å². The average molecular weight is 322 g/mol. The molecule has 118 valence electrons. The lowest BCUT2D eigenvalue weighted by Crippen LogP contribution is -2.52. The minimum Gasteiger partial charge on any atom is -0.394 e. The topological polar surface area (TPSA) is 92.9 Å². The van der Waals surface area contributed by atoms with E-state index in [1.165, 1.54) is 0 Å². The van der Waals surface area contributed by atoms with Gasteiger partial charge in [-0.15, -0.1) is 0 Å². The third-order valence-electron chi connectivity index (χ3n) is 3.33. The second kappa shape index (κ2) is 5.84. The van der Waals surface area contributed by atoms with Crippen LogP contribution in [-0.2, 0) is 14.8 Å². The highest BCUT2D eigenvalue weighted by molar-refractivity contribution is 7.89. The summed E-state index contributed by atoms with van der Waals surface area (Å²) < 4.78 is 58.4. The van der Waals surface area contributed by atoms with Crippen molar-refractivity contribution in [3.63, 3.8) is 0 Å². The number of anilines is 1. The molecule has 9 heteroatoms. The Balaban J connectivity index is 2.44. The Morgan fingerprint density at radius 3 is 2.76 bits per heavy atom. The summed E-state index contributed by atoms with van der Waals surface area (Å²) in [6.07, 6.45) is -0.683. The number of nitrogen functional groups attached to an aromatic ring is 1. The number of halogens is 2. The van der Waals surface area contributed by atoms with Crippen molar-refractivity contribution < 1.29 is 27.0 Å². The van der Waals surface area contributed by atoms with Crippen molar-refractivity contribution in [2.45, 2.75) is 24.0 Å². The summed E-state index contributed by atoms with van der Waals surface area (Å²) in [7, 11) is -4.20. The molecule has 1 aromatic rings. The average Bonchev–Trinajstić information content (AvgIpc) is 2.45. The van der Waals surface area contributed by atoms with Gasteiger partial charge in [0.25, 0.3) is 0 Å². The first-order valence-corrected chi connectivity index (χ1v) is 7.70. The maximum Gasteiger partial charge on any atom is 0.246 e. The van der Waals surface area contributed by atoms with E-state index in [1.54, 1.807) is 6.92 Å². The van der Waals surface area contributed by atoms with Gasteiger partial charge in [0.2, 0.25) is 10.0 Å². The van der Waals surface area contributed by atoms with Crippen LogP contribution in [0.25, 0.3) is 0 Å². The minimum atomic E-state index is -4.20. The smallest absolute Gasteiger partial charge is 0.246 e. The zero-order valence-corrected chi connectivity index (χ0v) is 12.1. The molecule has 2 unspecified atom stereocenters. The lowest BCUT2D eigenvalue weighted by molar-refractivity contribution is -0.0516. The summed E-state index contributed by atoms with van der Waals surface area (Å²) in [6.45, 7) is 1.20. The van der Waals surface area contributed by atoms with Crippen molar-refractivity contribution in [3.8, 4) is 0 Å². The molecule has 0 aromatic heterocycles. The van der Waals surface area contributed by atoms with E-state index >= 15 is 0 Å². The van der Waals surface area contributed by atoms with Crippen LogP contribution in [0.1, 0.15) is 6.92 Å². The number of ether oxygens (including phenoxy) is 1. The SMILES string of the molecule is CC1COC(CO)CN1S(=O)(=O)c1ccc(F)c(N)c1F. The van der Waals surface area contributed by atoms with Gasteiger partial charge in [0.15, 0.2) is 5.82 Å². The maximum absolute atomic E-state index is 14.0. The summed E-state index contributed by atoms with van der Waals surface area (Å²) in [6, 6.07) is 1.11. The van der Waals surface area contributed by atoms with Gasteiger partial charge in [0.05, 0.1) is 19.3 Å². The van der Waals surface area contributed by atoms with Crippen LogP contribution >= 0.6 is 0 Å². The van der Waals surface area contributed by atoms with Crippen molar-refractivity contribution >= 4 is 15.7 Å². The van der Waals surface area contributed by atoms with E-state index in [0.717, 1.165) is 16.4 Å². The Kier molecular flexibility index (Phi) is 4.47. The Hall–Kier alpha value is -1.29. The number of hydrogen-bond donors (Lipinski definition) is 2. The summed E-state index contributed by atoms with van der Waals surface area (Å²) in [5.74, 6) is -2.33. The molecule has 0 spiro atoms. The third-order valence-corrected chi connectivity index (χ3v) is 5.33. The number of rotatable bonds is 3. The van der Waals surface area contributed by atoms with E-state index in [4.69, 9.17) is 15.6 Å². The van der Waals surface area contributed by atoms with E-state index in [1.807, 2.05) is 0 Å². The second-order valence-corrected chi connectivity index (χ2v) is 6.69. The fourth-order valence-corrected chi connectivity index (χ4v) is 3.84. The number of morpholine rings is 1. The molecule has 2 rings (SSSR count). The number of nitrogens with zero attached hydrogens (tertiary/aromatic N) is 1. The molecule has 1 aliphatic rings. The number of aliphatic hydroxyl groups is 1. The summed E-state index contributed by atoms with van der Waals surface area (Å²) in [4.78, 5) is -0.688. The van der Waals surface area contributed by atoms with Crippen LogP contribution in [-0.4, -0.2) is 49.7 Å². The van der Waals surface area contributed by atoms with Gasteiger partial charge < -0.3 is 15.6 Å². The molecular formula is C12H16F2N2O4S. The predicted octanol–water partition coefficient (Wildman–Crippen LogP) is 0.317. The molecule has 1 fully saturated rings. The zero-order valence-electron chi connectivity index (χ0n) is 11.3. The van der Waals surface area contributed by atoms with Crippen molar-refractivity contribution in [1.82, 2.24) is 4.31 Å². The molecule has 0 amide bonds. The second-order valence-electron chi connectivity index (χ2n) is 4.83. The molecular weight excluding hydrogens is 306 g/mol. The Bertz CT molecular complexity index is 638. The number of sulfonamides is 1. The number of benzene rings is 1. The van der Waals surface area contributed by atoms with Crippen LogP contribution in [0.15, 0.2) is 17.0 Å². The van der Waals surface area contributed by atoms with E-state index in [9.17, 15) is 17.2 Å². The first-order valence-electron chi connectivity index (χ1n) is 6.26. The third kappa shape index (κ3) is 2.86. The molecule has 1 aliphatic heterocycles. The van der Waals surface area contributed by atoms with E-state index < -0.39 is 44.4 Å². The molecule has 1 saturated heterocycles. The van der Waals surface area contributed by atoms with Gasteiger partial charge in [0, 0.05) is 12.6 Å². The van der Waals surface area contributed by atoms with Crippen LogP contribution in [0, 0.1) is 11.6 Å². The van der Waals surface area contributed by atoms with Gasteiger partial charge in [-0.05, 0) is 19.1 Å². The summed E-state index contributed by atoms with van der Waals surface area (Å²) in [5, 5.41) is 9.08. The molecule has 1 aromatic carbocycles. The van der Waals surface area contributed by atoms with Crippen LogP contribution in [0.3, 0.4) is 0 Å². The molecule has 0 aliphatic carbocycles. The standard InChI is InChI=1S/C12H16F2N2O4S/c1-7-6-20-8(5-17)4-16(7)21(18,19)10-3-2-9(13)12(15)11(10)14/h2-3,7-8,17H,4-6,15H2,1H3. The van der Waals surface area contributed by atoms with E-state index in [0.29, 0.717) is 0 Å². The lowest BCUT2D eigenvalue weighted by Gasteiger charge is -2.36. The van der Waals surface area contributed by atoms with Crippen molar-refractivity contribution in [2.75, 3.05) is 25.5 Å². The fraction of sp³-hybridized carbons (Fsp3) is 0.500. The van der Waals surface area contributed by atoms with Gasteiger partial charge in [-0.25, -0.2) is 17.2 Å². The number of hydrogen-bond acceptors (Lipinski definition) is 5. The van der Waals surface area contributed by atoms with Crippen molar-refractivity contribution in [2.24, 2.45) is 0 Å². The van der Waals surface area contributed by atoms with Gasteiger partial charge in [0.1, 0.15) is 16.4 Å². The first-order chi connectivity index (χ1) is 9.78. The lowest BCUT2D eigenvalue weighted by atomic mass is 10.2. The van der Waals surface area contributed by atoms with Gasteiger partial charge in [-0.3, -0.25) is 0 Å². The molecule has 0 bridgehead atoms. The molecule has 21 heavy (non-hydrogen) atoms. The fourth-order valence-electron chi connectivity index (χ4n) is 2.11. The van der Waals surface area contributed by atoms with E-state index in [2.05, 4.69) is 0 Å². The number of nitrogens with two attached hydrogens (primary N) is 1. The highest BCUT2D eigenvalue weighted by Crippen LogP contribution is 2.28. The Labute approximate surface area is 121 Å². The summed E-state index contributed by atoms with van der Waals surface area (Å²) in [5.41, 5.74) is 4.36. The minimum absolute atomic E-state index is 0.0722. The van der Waals surface area contributed by atoms with Gasteiger partial charge in [-0.1, -0.05) is 0 Å². The molecule has 0 saturated carbocycles. The summed E-state index contributed by atoms with van der Waals surface area (Å²) >= 11 is 0. The van der Waals surface area contributed by atoms with Gasteiger partial charge >= 0.3 is 0 Å². The maximum atomic E-state index is 14.0. The van der Waals surface area contributed by atoms with Crippen LogP contribution in [0.2, 0.25) is 0 Å². The van der Waals surface area contributed by atoms with E-state index in [-0.39, 0.29) is 19.8 Å². The normalized spacial score (nSPS) is 24.2. The van der Waals surface area contributed by atoms with Crippen LogP contribution in [0.5, 0.6) is 0 Å². The highest BCUT2D eigenvalue weighted by atomic mass is 32.2. The number of aliphatic hydroxyl groups excluding tert-OH is 1. The molecule has 2 atom stereocenters. The molecule has 0 radical (unpaired) electrons. The molecule has 6 nitrogen and oxygen atoms in total. The highest BCUT2D eigenvalue weighted by Gasteiger charge is 2.37. The molecule has 3 N–H and O–H groups in total. The Morgan fingerprint density at radius 1 is 1.48 bits per heavy atom. The largest absolute Gasteiger partial charge is 0.394 e. The first kappa shape index (κ1) is 16.1. The van der Waals surface area contributed by atoms with Crippen molar-refractivity contribution in [1.29, 1.82) is 0 Å². The Morgan fingerprint density at radius 2 is 2.14 bits per heavy atom. The molecule has 1 heterocycles. The van der Waals surface area contributed by atoms with Crippen LogP contribution in [0.4, 0.5) is 14.5 Å². The van der Waals surface area contributed by atoms with Crippen LogP contribution < -0.4 is 5.73 Å². The zero-order chi connectivity index (χ0) is 15.8. The monoisotopic (exact) mass is 322 g/mol. The quantitative estimate of drug-likeness (QED) is 0.782. The van der Waals surface area contributed by atoms with Gasteiger partial charge in [-0.2, -0.15) is 4.31 Å². The predicted molar refractivity (Wildman–Crippen MR) is 71.0 cm³/mol.